The molecule has 0 aliphatic carbocycles. The number of benzene rings is 1. The summed E-state index contributed by atoms with van der Waals surface area (Å²) in [5, 5.41) is 6.30. The molecule has 1 aliphatic heterocycles. The fraction of sp³-hybridized carbons (Fsp3) is 0.400. The van der Waals surface area contributed by atoms with Crippen LogP contribution >= 0.6 is 24.8 Å². The van der Waals surface area contributed by atoms with Crippen molar-refractivity contribution in [1.29, 1.82) is 0 Å². The average Bonchev–Trinajstić information content (AvgIpc) is 3.22. The number of pyridine rings is 1. The number of hydrogen-bond acceptors (Lipinski definition) is 5. The molecule has 0 saturated carbocycles. The summed E-state index contributed by atoms with van der Waals surface area (Å²) in [5.41, 5.74) is 2.02. The van der Waals surface area contributed by atoms with E-state index in [0.717, 1.165) is 30.6 Å². The summed E-state index contributed by atoms with van der Waals surface area (Å²) in [6.45, 7) is 4.08. The maximum Gasteiger partial charge on any atom is 0.224 e. The number of methoxy groups -OCH3 is 1. The quantitative estimate of drug-likeness (QED) is 0.708. The van der Waals surface area contributed by atoms with Crippen molar-refractivity contribution in [2.24, 2.45) is 5.92 Å². The van der Waals surface area contributed by atoms with Crippen LogP contribution in [-0.2, 0) is 11.4 Å². The Morgan fingerprint density at radius 3 is 2.64 bits per heavy atom. The van der Waals surface area contributed by atoms with Crippen molar-refractivity contribution in [2.75, 3.05) is 20.2 Å². The van der Waals surface area contributed by atoms with Crippen molar-refractivity contribution in [3.8, 4) is 11.5 Å². The van der Waals surface area contributed by atoms with E-state index in [-0.39, 0.29) is 42.7 Å². The second kappa shape index (κ2) is 11.7. The molecule has 6 nitrogen and oxygen atoms in total. The maximum absolute atomic E-state index is 12.3. The molecule has 2 atom stereocenters. The Labute approximate surface area is 178 Å². The van der Waals surface area contributed by atoms with Crippen LogP contribution in [0.1, 0.15) is 30.5 Å². The minimum atomic E-state index is -0.0914. The van der Waals surface area contributed by atoms with Crippen molar-refractivity contribution >= 4 is 30.7 Å². The molecule has 8 heteroatoms. The second-order valence-electron chi connectivity index (χ2n) is 6.47. The van der Waals surface area contributed by atoms with Gasteiger partial charge in [-0.2, -0.15) is 0 Å². The van der Waals surface area contributed by atoms with Gasteiger partial charge >= 0.3 is 0 Å². The minimum absolute atomic E-state index is 0. The molecule has 1 fully saturated rings. The van der Waals surface area contributed by atoms with Gasteiger partial charge in [0.05, 0.1) is 19.1 Å². The Hall–Kier alpha value is -2.02. The van der Waals surface area contributed by atoms with E-state index >= 15 is 0 Å². The zero-order valence-corrected chi connectivity index (χ0v) is 17.6. The van der Waals surface area contributed by atoms with Crippen molar-refractivity contribution in [1.82, 2.24) is 15.6 Å². The van der Waals surface area contributed by atoms with E-state index in [1.165, 1.54) is 0 Å². The monoisotopic (exact) mass is 427 g/mol. The van der Waals surface area contributed by atoms with Crippen LogP contribution in [0, 0.1) is 5.92 Å². The summed E-state index contributed by atoms with van der Waals surface area (Å²) in [4.78, 5) is 16.3. The highest BCUT2D eigenvalue weighted by molar-refractivity contribution is 5.85. The van der Waals surface area contributed by atoms with Crippen LogP contribution in [0.5, 0.6) is 11.5 Å². The zero-order chi connectivity index (χ0) is 18.4. The van der Waals surface area contributed by atoms with Crippen LogP contribution < -0.4 is 20.1 Å². The molecule has 3 rings (SSSR count). The topological polar surface area (TPSA) is 72.5 Å². The van der Waals surface area contributed by atoms with E-state index in [4.69, 9.17) is 9.47 Å². The molecular formula is C20H27Cl2N3O3. The van der Waals surface area contributed by atoms with Gasteiger partial charge in [-0.1, -0.05) is 6.07 Å². The summed E-state index contributed by atoms with van der Waals surface area (Å²) in [6, 6.07) is 9.50. The van der Waals surface area contributed by atoms with Crippen LogP contribution in [0.25, 0.3) is 0 Å². The number of nitrogens with one attached hydrogen (secondary N) is 2. The molecule has 0 radical (unpaired) electrons. The van der Waals surface area contributed by atoms with Gasteiger partial charge in [0.2, 0.25) is 5.91 Å². The summed E-state index contributed by atoms with van der Waals surface area (Å²) in [7, 11) is 1.62. The summed E-state index contributed by atoms with van der Waals surface area (Å²) in [6.07, 6.45) is 4.37. The number of rotatable bonds is 7. The SMILES string of the molecule is COc1cc(C(C)NC(=O)C2CCNC2)ccc1OCc1ccncc1.Cl.Cl. The number of carbonyl (C=O) groups excluding carboxylic acids is 1. The highest BCUT2D eigenvalue weighted by Gasteiger charge is 2.24. The fourth-order valence-corrected chi connectivity index (χ4v) is 3.01. The van der Waals surface area contributed by atoms with E-state index < -0.39 is 0 Å². The summed E-state index contributed by atoms with van der Waals surface area (Å²) >= 11 is 0. The Morgan fingerprint density at radius 1 is 1.25 bits per heavy atom. The van der Waals surface area contributed by atoms with Crippen molar-refractivity contribution < 1.29 is 14.3 Å². The van der Waals surface area contributed by atoms with Crippen molar-refractivity contribution in [2.45, 2.75) is 26.0 Å². The minimum Gasteiger partial charge on any atom is -0.493 e. The first kappa shape index (κ1) is 24.0. The highest BCUT2D eigenvalue weighted by atomic mass is 35.5. The molecule has 1 aliphatic rings. The first-order valence-electron chi connectivity index (χ1n) is 8.88. The normalized spacial score (nSPS) is 16.3. The molecule has 154 valence electrons. The lowest BCUT2D eigenvalue weighted by Gasteiger charge is -2.19. The Balaban J connectivity index is 0.00000196. The molecule has 2 unspecified atom stereocenters. The molecule has 2 heterocycles. The van der Waals surface area contributed by atoms with E-state index in [1.54, 1.807) is 19.5 Å². The first-order chi connectivity index (χ1) is 12.7. The standard InChI is InChI=1S/C20H25N3O3.2ClH/c1-14(23-20(24)17-7-10-22-12-17)16-3-4-18(19(11-16)25-2)26-13-15-5-8-21-9-6-15;;/h3-6,8-9,11,14,17,22H,7,10,12-13H2,1-2H3,(H,23,24);2*1H. The van der Waals surface area contributed by atoms with Gasteiger partial charge in [0.25, 0.3) is 0 Å². The third-order valence-corrected chi connectivity index (χ3v) is 4.62. The number of amides is 1. The molecule has 1 aromatic heterocycles. The second-order valence-corrected chi connectivity index (χ2v) is 6.47. The van der Waals surface area contributed by atoms with Crippen LogP contribution in [0.2, 0.25) is 0 Å². The molecule has 2 aromatic rings. The Kier molecular flexibility index (Phi) is 10.1. The van der Waals surface area contributed by atoms with Crippen LogP contribution in [0.15, 0.2) is 42.7 Å². The maximum atomic E-state index is 12.3. The summed E-state index contributed by atoms with van der Waals surface area (Å²) in [5.74, 6) is 1.48. The van der Waals surface area contributed by atoms with Crippen LogP contribution in [-0.4, -0.2) is 31.1 Å². The largest absolute Gasteiger partial charge is 0.493 e. The molecule has 28 heavy (non-hydrogen) atoms. The number of ether oxygens (including phenoxy) is 2. The van der Waals surface area contributed by atoms with Gasteiger partial charge in [-0.05, 0) is 55.3 Å². The van der Waals surface area contributed by atoms with Gasteiger partial charge in [0.15, 0.2) is 11.5 Å². The van der Waals surface area contributed by atoms with Gasteiger partial charge in [-0.15, -0.1) is 24.8 Å². The number of hydrogen-bond donors (Lipinski definition) is 2. The molecule has 1 saturated heterocycles. The molecule has 1 amide bonds. The third-order valence-electron chi connectivity index (χ3n) is 4.62. The van der Waals surface area contributed by atoms with Crippen LogP contribution in [0.3, 0.4) is 0 Å². The molecule has 1 aromatic carbocycles. The molecular weight excluding hydrogens is 401 g/mol. The third kappa shape index (κ3) is 6.26. The highest BCUT2D eigenvalue weighted by Crippen LogP contribution is 2.31. The number of aromatic nitrogens is 1. The van der Waals surface area contributed by atoms with Crippen molar-refractivity contribution in [3.05, 3.63) is 53.9 Å². The lowest BCUT2D eigenvalue weighted by Crippen LogP contribution is -2.33. The Morgan fingerprint density at radius 2 is 2.00 bits per heavy atom. The van der Waals surface area contributed by atoms with Crippen molar-refractivity contribution in [3.63, 3.8) is 0 Å². The smallest absolute Gasteiger partial charge is 0.224 e. The summed E-state index contributed by atoms with van der Waals surface area (Å²) < 4.78 is 11.3. The molecule has 2 N–H and O–H groups in total. The lowest BCUT2D eigenvalue weighted by molar-refractivity contribution is -0.125. The zero-order valence-electron chi connectivity index (χ0n) is 16.0. The average molecular weight is 428 g/mol. The lowest BCUT2D eigenvalue weighted by atomic mass is 10.0. The predicted octanol–water partition coefficient (Wildman–Crippen LogP) is 3.30. The van der Waals surface area contributed by atoms with E-state index in [1.807, 2.05) is 37.3 Å². The van der Waals surface area contributed by atoms with Gasteiger partial charge < -0.3 is 20.1 Å². The van der Waals surface area contributed by atoms with E-state index in [2.05, 4.69) is 15.6 Å². The van der Waals surface area contributed by atoms with Gasteiger partial charge in [-0.3, -0.25) is 9.78 Å². The molecule has 0 bridgehead atoms. The van der Waals surface area contributed by atoms with Crippen LogP contribution in [0.4, 0.5) is 0 Å². The van der Waals surface area contributed by atoms with Gasteiger partial charge in [0, 0.05) is 18.9 Å². The first-order valence-corrected chi connectivity index (χ1v) is 8.88. The number of carbonyl (C=O) groups is 1. The molecule has 0 spiro atoms. The van der Waals surface area contributed by atoms with E-state index in [0.29, 0.717) is 18.1 Å². The number of halogens is 2. The van der Waals surface area contributed by atoms with E-state index in [9.17, 15) is 4.79 Å². The van der Waals surface area contributed by atoms with Gasteiger partial charge in [0.1, 0.15) is 6.61 Å². The van der Waals surface area contributed by atoms with Gasteiger partial charge in [-0.25, -0.2) is 0 Å². The fourth-order valence-electron chi connectivity index (χ4n) is 3.01. The number of nitrogens with zero attached hydrogens (tertiary/aromatic N) is 1. The Bertz CT molecular complexity index is 741. The predicted molar refractivity (Wildman–Crippen MR) is 114 cm³/mol.